The van der Waals surface area contributed by atoms with Crippen molar-refractivity contribution in [2.45, 2.75) is 32.1 Å². The van der Waals surface area contributed by atoms with Gasteiger partial charge < -0.3 is 4.74 Å². The van der Waals surface area contributed by atoms with Crippen molar-refractivity contribution in [3.63, 3.8) is 0 Å². The molecule has 0 unspecified atom stereocenters. The third-order valence-corrected chi connectivity index (χ3v) is 4.73. The van der Waals surface area contributed by atoms with E-state index in [2.05, 4.69) is 0 Å². The second kappa shape index (κ2) is 6.71. The summed E-state index contributed by atoms with van der Waals surface area (Å²) in [5.41, 5.74) is 0. The number of halogens is 1. The molecule has 2 amide bonds. The molecule has 122 valence electrons. The van der Waals surface area contributed by atoms with Gasteiger partial charge in [-0.25, -0.2) is 0 Å². The molecule has 1 saturated heterocycles. The molecule has 5 nitrogen and oxygen atoms in total. The van der Waals surface area contributed by atoms with Crippen LogP contribution in [0, 0.1) is 11.8 Å². The fraction of sp³-hybridized carbons (Fsp3) is 0.471. The van der Waals surface area contributed by atoms with Crippen molar-refractivity contribution in [1.82, 2.24) is 4.90 Å². The summed E-state index contributed by atoms with van der Waals surface area (Å²) in [4.78, 5) is 37.7. The molecule has 0 spiro atoms. The minimum absolute atomic E-state index is 0.0105. The highest BCUT2D eigenvalue weighted by Crippen LogP contribution is 2.37. The van der Waals surface area contributed by atoms with Gasteiger partial charge in [-0.1, -0.05) is 30.5 Å². The lowest BCUT2D eigenvalue weighted by atomic mass is 9.81. The van der Waals surface area contributed by atoms with Gasteiger partial charge in [0.1, 0.15) is 5.75 Å². The number of rotatable bonds is 4. The topological polar surface area (TPSA) is 63.7 Å². The first-order valence-electron chi connectivity index (χ1n) is 7.88. The minimum atomic E-state index is -0.484. The molecule has 23 heavy (non-hydrogen) atoms. The van der Waals surface area contributed by atoms with Gasteiger partial charge >= 0.3 is 5.97 Å². The summed E-state index contributed by atoms with van der Waals surface area (Å²) in [6.07, 6.45) is 3.52. The van der Waals surface area contributed by atoms with Crippen LogP contribution in [0.2, 0.25) is 5.02 Å². The van der Waals surface area contributed by atoms with Gasteiger partial charge in [0, 0.05) is 11.6 Å². The first-order valence-corrected chi connectivity index (χ1v) is 8.25. The molecule has 1 saturated carbocycles. The average Bonchev–Trinajstić information content (AvgIpc) is 2.77. The van der Waals surface area contributed by atoms with E-state index in [1.807, 2.05) is 0 Å². The summed E-state index contributed by atoms with van der Waals surface area (Å²) in [7, 11) is 0. The number of amides is 2. The quantitative estimate of drug-likeness (QED) is 0.482. The third kappa shape index (κ3) is 3.39. The van der Waals surface area contributed by atoms with Crippen molar-refractivity contribution in [2.24, 2.45) is 11.8 Å². The number of carbonyl (C=O) groups is 3. The maximum absolute atomic E-state index is 12.3. The fourth-order valence-electron chi connectivity index (χ4n) is 3.37. The number of hydrogen-bond donors (Lipinski definition) is 0. The molecule has 3 rings (SSSR count). The first kappa shape index (κ1) is 16.0. The van der Waals surface area contributed by atoms with E-state index in [4.69, 9.17) is 16.3 Å². The van der Waals surface area contributed by atoms with Crippen LogP contribution < -0.4 is 4.74 Å². The summed E-state index contributed by atoms with van der Waals surface area (Å²) < 4.78 is 5.17. The Kier molecular flexibility index (Phi) is 4.66. The second-order valence-corrected chi connectivity index (χ2v) is 6.44. The predicted molar refractivity (Wildman–Crippen MR) is 83.9 cm³/mol. The lowest BCUT2D eigenvalue weighted by Crippen LogP contribution is -2.33. The van der Waals surface area contributed by atoms with E-state index < -0.39 is 5.97 Å². The Bertz CT molecular complexity index is 621. The molecule has 1 aliphatic carbocycles. The maximum atomic E-state index is 12.3. The van der Waals surface area contributed by atoms with Gasteiger partial charge in [0.05, 0.1) is 18.3 Å². The van der Waals surface area contributed by atoms with Crippen LogP contribution in [-0.4, -0.2) is 29.2 Å². The largest absolute Gasteiger partial charge is 0.426 e. The van der Waals surface area contributed by atoms with E-state index in [1.165, 1.54) is 4.90 Å². The zero-order valence-corrected chi connectivity index (χ0v) is 13.4. The molecule has 0 bridgehead atoms. The molecule has 1 aromatic carbocycles. The Hall–Kier alpha value is -1.88. The average molecular weight is 336 g/mol. The molecular formula is C17H18ClNO4. The monoisotopic (exact) mass is 335 g/mol. The van der Waals surface area contributed by atoms with Crippen molar-refractivity contribution >= 4 is 29.4 Å². The molecule has 6 heteroatoms. The molecule has 1 aliphatic heterocycles. The SMILES string of the molecule is O=C(CCN1C(=O)[C@H]2CCCC[C@H]2C1=O)Oc1cccc(Cl)c1. The Balaban J connectivity index is 1.56. The molecular weight excluding hydrogens is 318 g/mol. The van der Waals surface area contributed by atoms with Gasteiger partial charge in [0.15, 0.2) is 0 Å². The Morgan fingerprint density at radius 3 is 2.43 bits per heavy atom. The number of fused-ring (bicyclic) bond motifs is 1. The molecule has 0 aromatic heterocycles. The van der Waals surface area contributed by atoms with Crippen molar-refractivity contribution in [2.75, 3.05) is 6.54 Å². The van der Waals surface area contributed by atoms with Crippen molar-refractivity contribution < 1.29 is 19.1 Å². The van der Waals surface area contributed by atoms with Crippen molar-refractivity contribution in [3.8, 4) is 5.75 Å². The molecule has 2 fully saturated rings. The van der Waals surface area contributed by atoms with Crippen LogP contribution in [0.25, 0.3) is 0 Å². The first-order chi connectivity index (χ1) is 11.1. The van der Waals surface area contributed by atoms with Crippen LogP contribution in [0.1, 0.15) is 32.1 Å². The number of carbonyl (C=O) groups excluding carboxylic acids is 3. The molecule has 1 heterocycles. The normalized spacial score (nSPS) is 23.8. The van der Waals surface area contributed by atoms with E-state index in [0.717, 1.165) is 25.7 Å². The zero-order chi connectivity index (χ0) is 16.4. The van der Waals surface area contributed by atoms with Gasteiger partial charge in [0.2, 0.25) is 11.8 Å². The number of esters is 1. The molecule has 2 aliphatic rings. The van der Waals surface area contributed by atoms with Crippen LogP contribution in [0.15, 0.2) is 24.3 Å². The van der Waals surface area contributed by atoms with Gasteiger partial charge in [-0.2, -0.15) is 0 Å². The third-order valence-electron chi connectivity index (χ3n) is 4.50. The minimum Gasteiger partial charge on any atom is -0.426 e. The van der Waals surface area contributed by atoms with Crippen LogP contribution in [0.4, 0.5) is 0 Å². The van der Waals surface area contributed by atoms with E-state index in [9.17, 15) is 14.4 Å². The highest BCUT2D eigenvalue weighted by atomic mass is 35.5. The lowest BCUT2D eigenvalue weighted by Gasteiger charge is -2.19. The van der Waals surface area contributed by atoms with Crippen molar-refractivity contribution in [1.29, 1.82) is 0 Å². The van der Waals surface area contributed by atoms with Crippen LogP contribution >= 0.6 is 11.6 Å². The maximum Gasteiger partial charge on any atom is 0.312 e. The fourth-order valence-corrected chi connectivity index (χ4v) is 3.55. The number of hydrogen-bond acceptors (Lipinski definition) is 4. The second-order valence-electron chi connectivity index (χ2n) is 6.01. The molecule has 0 N–H and O–H groups in total. The number of imide groups is 1. The van der Waals surface area contributed by atoms with Crippen LogP contribution in [0.3, 0.4) is 0 Å². The van der Waals surface area contributed by atoms with E-state index in [0.29, 0.717) is 10.8 Å². The molecule has 1 aromatic rings. The summed E-state index contributed by atoms with van der Waals surface area (Å²) >= 11 is 5.83. The number of nitrogens with zero attached hydrogens (tertiary/aromatic N) is 1. The number of ether oxygens (including phenoxy) is 1. The summed E-state index contributed by atoms with van der Waals surface area (Å²) in [5, 5.41) is 0.476. The predicted octanol–water partition coefficient (Wildman–Crippen LogP) is 2.81. The number of likely N-dealkylation sites (tertiary alicyclic amines) is 1. The Labute approximate surface area is 139 Å². The van der Waals surface area contributed by atoms with Gasteiger partial charge in [-0.3, -0.25) is 19.3 Å². The van der Waals surface area contributed by atoms with E-state index in [1.54, 1.807) is 24.3 Å². The number of benzene rings is 1. The van der Waals surface area contributed by atoms with E-state index in [-0.39, 0.29) is 36.6 Å². The smallest absolute Gasteiger partial charge is 0.312 e. The lowest BCUT2D eigenvalue weighted by molar-refractivity contribution is -0.141. The summed E-state index contributed by atoms with van der Waals surface area (Å²) in [6.45, 7) is 0.0874. The highest BCUT2D eigenvalue weighted by Gasteiger charge is 2.47. The van der Waals surface area contributed by atoms with Gasteiger partial charge in [0.25, 0.3) is 0 Å². The van der Waals surface area contributed by atoms with Gasteiger partial charge in [-0.05, 0) is 31.0 Å². The standard InChI is InChI=1S/C17H18ClNO4/c18-11-4-3-5-12(10-11)23-15(20)8-9-19-16(21)13-6-1-2-7-14(13)17(19)22/h3-5,10,13-14H,1-2,6-9H2/t13-,14+. The van der Waals surface area contributed by atoms with Crippen LogP contribution in [0.5, 0.6) is 5.75 Å². The van der Waals surface area contributed by atoms with Crippen molar-refractivity contribution in [3.05, 3.63) is 29.3 Å². The van der Waals surface area contributed by atoms with Crippen LogP contribution in [-0.2, 0) is 14.4 Å². The summed E-state index contributed by atoms with van der Waals surface area (Å²) in [5.74, 6) is -0.746. The molecule has 0 radical (unpaired) electrons. The summed E-state index contributed by atoms with van der Waals surface area (Å²) in [6, 6.07) is 6.54. The Morgan fingerprint density at radius 2 is 1.83 bits per heavy atom. The Morgan fingerprint density at radius 1 is 1.17 bits per heavy atom. The zero-order valence-electron chi connectivity index (χ0n) is 12.7. The highest BCUT2D eigenvalue weighted by molar-refractivity contribution is 6.30. The van der Waals surface area contributed by atoms with E-state index >= 15 is 0 Å². The molecule has 2 atom stereocenters. The van der Waals surface area contributed by atoms with Gasteiger partial charge in [-0.15, -0.1) is 0 Å².